The van der Waals surface area contributed by atoms with Crippen molar-refractivity contribution in [2.75, 3.05) is 19.7 Å². The van der Waals surface area contributed by atoms with Gasteiger partial charge in [-0.1, -0.05) is 48.7 Å². The molecule has 0 aromatic heterocycles. The average molecular weight is 332 g/mol. The Kier molecular flexibility index (Phi) is 5.92. The fraction of sp³-hybridized carbons (Fsp3) is 0.625. The highest BCUT2D eigenvalue weighted by Gasteiger charge is 2.41. The normalized spacial score (nSPS) is 27.0. The highest BCUT2D eigenvalue weighted by molar-refractivity contribution is 6.42. The Morgan fingerprint density at radius 3 is 2.81 bits per heavy atom. The molecule has 1 fully saturated rings. The van der Waals surface area contributed by atoms with E-state index >= 15 is 0 Å². The van der Waals surface area contributed by atoms with Crippen LogP contribution < -0.4 is 0 Å². The van der Waals surface area contributed by atoms with Gasteiger partial charge in [0, 0.05) is 25.0 Å². The van der Waals surface area contributed by atoms with Crippen molar-refractivity contribution >= 4 is 23.2 Å². The van der Waals surface area contributed by atoms with Crippen LogP contribution in [-0.4, -0.2) is 40.9 Å². The molecule has 0 saturated carbocycles. The first kappa shape index (κ1) is 17.0. The van der Waals surface area contributed by atoms with Gasteiger partial charge in [-0.15, -0.1) is 0 Å². The van der Waals surface area contributed by atoms with Gasteiger partial charge in [0.1, 0.15) is 0 Å². The quantitative estimate of drug-likeness (QED) is 0.869. The second-order valence-corrected chi connectivity index (χ2v) is 6.78. The van der Waals surface area contributed by atoms with Crippen LogP contribution in [0.3, 0.4) is 0 Å². The Morgan fingerprint density at radius 2 is 2.14 bits per heavy atom. The lowest BCUT2D eigenvalue weighted by Gasteiger charge is -2.45. The first-order chi connectivity index (χ1) is 10.0. The van der Waals surface area contributed by atoms with Crippen molar-refractivity contribution in [1.82, 2.24) is 4.90 Å². The van der Waals surface area contributed by atoms with Gasteiger partial charge in [0.2, 0.25) is 0 Å². The first-order valence-corrected chi connectivity index (χ1v) is 8.22. The Labute approximate surface area is 136 Å². The number of aliphatic hydroxyl groups excluding tert-OH is 2. The Hall–Kier alpha value is -0.320. The van der Waals surface area contributed by atoms with Crippen molar-refractivity contribution in [3.63, 3.8) is 0 Å². The lowest BCUT2D eigenvalue weighted by Crippen LogP contribution is -2.53. The Balaban J connectivity index is 2.13. The smallest absolute Gasteiger partial charge is 0.0642 e. The van der Waals surface area contributed by atoms with Crippen molar-refractivity contribution in [3.8, 4) is 0 Å². The molecule has 1 aromatic carbocycles. The van der Waals surface area contributed by atoms with Crippen molar-refractivity contribution in [2.24, 2.45) is 5.41 Å². The number of rotatable bonds is 5. The molecule has 1 aliphatic heterocycles. The summed E-state index contributed by atoms with van der Waals surface area (Å²) >= 11 is 12.3. The van der Waals surface area contributed by atoms with E-state index in [-0.39, 0.29) is 6.61 Å². The number of halogens is 2. The number of aliphatic hydroxyl groups is 2. The number of hydrogen-bond donors (Lipinski definition) is 2. The number of benzene rings is 1. The molecule has 2 N–H and O–H groups in total. The summed E-state index contributed by atoms with van der Waals surface area (Å²) in [4.78, 5) is 2.25. The van der Waals surface area contributed by atoms with Crippen LogP contribution in [0.5, 0.6) is 0 Å². The third-order valence-electron chi connectivity index (χ3n) is 4.45. The van der Waals surface area contributed by atoms with Crippen molar-refractivity contribution in [2.45, 2.75) is 38.8 Å². The summed E-state index contributed by atoms with van der Waals surface area (Å²) in [6, 6.07) is 5.65. The van der Waals surface area contributed by atoms with E-state index in [1.165, 1.54) is 0 Å². The van der Waals surface area contributed by atoms with Crippen molar-refractivity contribution < 1.29 is 10.2 Å². The lowest BCUT2D eigenvalue weighted by atomic mass is 9.74. The highest BCUT2D eigenvalue weighted by atomic mass is 35.5. The van der Waals surface area contributed by atoms with Gasteiger partial charge in [-0.3, -0.25) is 4.90 Å². The van der Waals surface area contributed by atoms with E-state index in [1.54, 1.807) is 6.07 Å². The van der Waals surface area contributed by atoms with E-state index in [0.29, 0.717) is 29.6 Å². The van der Waals surface area contributed by atoms with Gasteiger partial charge in [0.05, 0.1) is 22.8 Å². The second-order valence-electron chi connectivity index (χ2n) is 6.00. The zero-order valence-electron chi connectivity index (χ0n) is 12.4. The minimum Gasteiger partial charge on any atom is -0.396 e. The number of piperidine rings is 1. The van der Waals surface area contributed by atoms with Crippen LogP contribution in [0, 0.1) is 5.41 Å². The molecule has 2 rings (SSSR count). The largest absolute Gasteiger partial charge is 0.396 e. The Morgan fingerprint density at radius 1 is 1.38 bits per heavy atom. The van der Waals surface area contributed by atoms with Crippen LogP contribution in [-0.2, 0) is 6.54 Å². The minimum atomic E-state index is -0.437. The summed E-state index contributed by atoms with van der Waals surface area (Å²) in [6.07, 6.45) is 2.01. The zero-order valence-corrected chi connectivity index (χ0v) is 13.9. The summed E-state index contributed by atoms with van der Waals surface area (Å²) in [5, 5.41) is 21.2. The number of nitrogens with zero attached hydrogens (tertiary/aromatic N) is 1. The zero-order chi connectivity index (χ0) is 15.5. The van der Waals surface area contributed by atoms with E-state index in [2.05, 4.69) is 11.8 Å². The molecule has 2 atom stereocenters. The molecule has 1 aromatic rings. The monoisotopic (exact) mass is 331 g/mol. The van der Waals surface area contributed by atoms with Gasteiger partial charge in [0.15, 0.2) is 0 Å². The summed E-state index contributed by atoms with van der Waals surface area (Å²) in [6.45, 7) is 4.27. The highest BCUT2D eigenvalue weighted by Crippen LogP contribution is 2.36. The standard InChI is InChI=1S/C16H23Cl2NO2/c1-2-7-16(11-20)10-19(8-6-14(16)21)9-12-4-3-5-13(17)15(12)18/h3-5,14,20-21H,2,6-11H2,1H3/t14-,16+/m1/s1. The van der Waals surface area contributed by atoms with Gasteiger partial charge in [-0.05, 0) is 24.5 Å². The molecule has 118 valence electrons. The fourth-order valence-corrected chi connectivity index (χ4v) is 3.65. The lowest BCUT2D eigenvalue weighted by molar-refractivity contribution is -0.0819. The molecule has 0 aliphatic carbocycles. The molecule has 0 radical (unpaired) electrons. The number of likely N-dealkylation sites (tertiary alicyclic amines) is 1. The van der Waals surface area contributed by atoms with Gasteiger partial charge in [-0.2, -0.15) is 0 Å². The summed E-state index contributed by atoms with van der Waals surface area (Å²) in [5.41, 5.74) is 0.571. The maximum atomic E-state index is 10.3. The summed E-state index contributed by atoms with van der Waals surface area (Å²) in [7, 11) is 0. The van der Waals surface area contributed by atoms with Gasteiger partial charge in [0.25, 0.3) is 0 Å². The van der Waals surface area contributed by atoms with Crippen molar-refractivity contribution in [1.29, 1.82) is 0 Å². The van der Waals surface area contributed by atoms with Crippen LogP contribution in [0.15, 0.2) is 18.2 Å². The summed E-state index contributed by atoms with van der Waals surface area (Å²) in [5.74, 6) is 0. The van der Waals surface area contributed by atoms with E-state index < -0.39 is 11.5 Å². The maximum absolute atomic E-state index is 10.3. The molecule has 1 heterocycles. The topological polar surface area (TPSA) is 43.7 Å². The minimum absolute atomic E-state index is 0.0157. The van der Waals surface area contributed by atoms with Crippen LogP contribution >= 0.6 is 23.2 Å². The molecule has 1 aliphatic rings. The predicted molar refractivity (Wildman–Crippen MR) is 86.8 cm³/mol. The summed E-state index contributed by atoms with van der Waals surface area (Å²) < 4.78 is 0. The number of hydrogen-bond acceptors (Lipinski definition) is 3. The second kappa shape index (κ2) is 7.30. The average Bonchev–Trinajstić information content (AvgIpc) is 2.47. The van der Waals surface area contributed by atoms with E-state index in [9.17, 15) is 10.2 Å². The molecule has 5 heteroatoms. The van der Waals surface area contributed by atoms with Crippen LogP contribution in [0.2, 0.25) is 10.0 Å². The maximum Gasteiger partial charge on any atom is 0.0642 e. The van der Waals surface area contributed by atoms with E-state index in [4.69, 9.17) is 23.2 Å². The molecular formula is C16H23Cl2NO2. The van der Waals surface area contributed by atoms with Gasteiger partial charge in [-0.25, -0.2) is 0 Å². The molecule has 1 saturated heterocycles. The predicted octanol–water partition coefficient (Wildman–Crippen LogP) is 3.34. The Bertz CT molecular complexity index is 483. The molecule has 0 spiro atoms. The molecule has 21 heavy (non-hydrogen) atoms. The van der Waals surface area contributed by atoms with Crippen LogP contribution in [0.25, 0.3) is 0 Å². The molecule has 0 bridgehead atoms. The van der Waals surface area contributed by atoms with Crippen LogP contribution in [0.4, 0.5) is 0 Å². The fourth-order valence-electron chi connectivity index (χ4n) is 3.27. The van der Waals surface area contributed by atoms with Crippen molar-refractivity contribution in [3.05, 3.63) is 33.8 Å². The third kappa shape index (κ3) is 3.72. The van der Waals surface area contributed by atoms with Crippen LogP contribution in [0.1, 0.15) is 31.7 Å². The van der Waals surface area contributed by atoms with E-state index in [1.807, 2.05) is 12.1 Å². The van der Waals surface area contributed by atoms with Gasteiger partial charge < -0.3 is 10.2 Å². The molecule has 0 unspecified atom stereocenters. The van der Waals surface area contributed by atoms with E-state index in [0.717, 1.165) is 24.9 Å². The first-order valence-electron chi connectivity index (χ1n) is 7.46. The third-order valence-corrected chi connectivity index (χ3v) is 5.31. The molecule has 0 amide bonds. The molecular weight excluding hydrogens is 309 g/mol. The van der Waals surface area contributed by atoms with Gasteiger partial charge >= 0.3 is 0 Å². The SMILES string of the molecule is CCC[C@@]1(CO)CN(Cc2cccc(Cl)c2Cl)CC[C@H]1O. The molecule has 3 nitrogen and oxygen atoms in total.